The molecule has 0 aliphatic heterocycles. The van der Waals surface area contributed by atoms with E-state index in [1.54, 1.807) is 36.4 Å². The molecule has 0 N–H and O–H groups in total. The summed E-state index contributed by atoms with van der Waals surface area (Å²) in [6, 6.07) is 18.9. The summed E-state index contributed by atoms with van der Waals surface area (Å²) in [7, 11) is 1.29. The van der Waals surface area contributed by atoms with Crippen LogP contribution in [0.2, 0.25) is 0 Å². The highest BCUT2D eigenvalue weighted by atomic mass is 127. The van der Waals surface area contributed by atoms with Gasteiger partial charge in [-0.3, -0.25) is 4.18 Å². The quantitative estimate of drug-likeness (QED) is 0.265. The van der Waals surface area contributed by atoms with E-state index in [1.807, 2.05) is 24.3 Å². The fraction of sp³-hybridized carbons (Fsp3) is 0.0909. The van der Waals surface area contributed by atoms with Crippen molar-refractivity contribution >= 4 is 55.2 Å². The molecule has 0 radical (unpaired) electrons. The van der Waals surface area contributed by atoms with Crippen LogP contribution in [-0.2, 0) is 15.3 Å². The van der Waals surface area contributed by atoms with E-state index in [-0.39, 0.29) is 16.2 Å². The molecule has 1 unspecified atom stereocenters. The van der Waals surface area contributed by atoms with E-state index in [1.165, 1.54) is 13.2 Å². The number of ether oxygens (including phenoxy) is 1. The third kappa shape index (κ3) is 4.03. The molecule has 0 saturated carbocycles. The summed E-state index contributed by atoms with van der Waals surface area (Å²) in [5.41, 5.74) is 0.609. The minimum Gasteiger partial charge on any atom is -0.405 e. The van der Waals surface area contributed by atoms with Crippen molar-refractivity contribution in [2.45, 2.75) is 11.3 Å². The van der Waals surface area contributed by atoms with E-state index < -0.39 is 17.4 Å². The zero-order chi connectivity index (χ0) is 21.5. The van der Waals surface area contributed by atoms with Crippen molar-refractivity contribution in [3.63, 3.8) is 0 Å². The first-order valence-electron chi connectivity index (χ1n) is 8.75. The highest BCUT2D eigenvalue weighted by Crippen LogP contribution is 2.45. The van der Waals surface area contributed by atoms with Gasteiger partial charge in [-0.2, -0.15) is 0 Å². The van der Waals surface area contributed by atoms with Gasteiger partial charge in [-0.15, -0.1) is 13.2 Å². The van der Waals surface area contributed by atoms with Gasteiger partial charge in [-0.25, -0.2) is 4.21 Å². The summed E-state index contributed by atoms with van der Waals surface area (Å²) >= 11 is 0.267. The second-order valence-corrected chi connectivity index (χ2v) is 8.90. The van der Waals surface area contributed by atoms with Gasteiger partial charge >= 0.3 is 6.36 Å². The van der Waals surface area contributed by atoms with Crippen LogP contribution in [-0.4, -0.2) is 17.7 Å². The van der Waals surface area contributed by atoms with Crippen LogP contribution in [0.15, 0.2) is 71.6 Å². The molecular weight excluding hydrogens is 528 g/mol. The zero-order valence-electron chi connectivity index (χ0n) is 15.5. The van der Waals surface area contributed by atoms with Gasteiger partial charge in [0.1, 0.15) is 5.75 Å². The van der Waals surface area contributed by atoms with Gasteiger partial charge in [0, 0.05) is 14.7 Å². The number of fused-ring (bicyclic) bond motifs is 2. The Hall–Kier alpha value is -2.17. The number of alkyl halides is 3. The number of benzene rings is 4. The highest BCUT2D eigenvalue weighted by molar-refractivity contribution is 14.1. The normalized spacial score (nSPS) is 13.0. The molecule has 0 heterocycles. The van der Waals surface area contributed by atoms with Gasteiger partial charge in [0.25, 0.3) is 0 Å². The van der Waals surface area contributed by atoms with Gasteiger partial charge in [0.15, 0.2) is 11.1 Å². The molecule has 0 aliphatic carbocycles. The van der Waals surface area contributed by atoms with Crippen molar-refractivity contribution in [1.29, 1.82) is 0 Å². The number of hydrogen-bond donors (Lipinski definition) is 0. The second-order valence-electron chi connectivity index (χ2n) is 6.41. The molecule has 0 saturated heterocycles. The first-order valence-corrected chi connectivity index (χ1v) is 10.9. The molecule has 0 aromatic heterocycles. The molecular formula is C22H14F3IO3S. The van der Waals surface area contributed by atoms with Crippen LogP contribution < -0.4 is 4.74 Å². The number of rotatable bonds is 4. The lowest BCUT2D eigenvalue weighted by Crippen LogP contribution is -2.18. The summed E-state index contributed by atoms with van der Waals surface area (Å²) < 4.78 is 62.7. The Morgan fingerprint density at radius 3 is 2.30 bits per heavy atom. The van der Waals surface area contributed by atoms with Crippen molar-refractivity contribution in [1.82, 2.24) is 0 Å². The molecule has 4 aromatic carbocycles. The fourth-order valence-corrected chi connectivity index (χ4v) is 4.74. The van der Waals surface area contributed by atoms with E-state index in [9.17, 15) is 17.4 Å². The SMILES string of the molecule is COS(=O)c1ccc2ccccc2c1-c1c(OC(F)(F)F)ccc2cc(I)ccc12. The second kappa shape index (κ2) is 8.16. The Morgan fingerprint density at radius 2 is 1.57 bits per heavy atom. The summed E-state index contributed by atoms with van der Waals surface area (Å²) in [6.45, 7) is 0. The maximum atomic E-state index is 13.2. The molecule has 4 aromatic rings. The van der Waals surface area contributed by atoms with Crippen molar-refractivity contribution in [3.05, 3.63) is 70.3 Å². The minimum absolute atomic E-state index is 0.221. The molecule has 154 valence electrons. The Kier molecular flexibility index (Phi) is 5.73. The first kappa shape index (κ1) is 21.1. The predicted molar refractivity (Wildman–Crippen MR) is 120 cm³/mol. The molecule has 4 rings (SSSR count). The minimum atomic E-state index is -4.88. The Balaban J connectivity index is 2.18. The van der Waals surface area contributed by atoms with E-state index in [0.717, 1.165) is 14.3 Å². The van der Waals surface area contributed by atoms with E-state index in [0.29, 0.717) is 16.3 Å². The number of halogens is 4. The van der Waals surface area contributed by atoms with Crippen molar-refractivity contribution in [3.8, 4) is 16.9 Å². The van der Waals surface area contributed by atoms with E-state index >= 15 is 0 Å². The van der Waals surface area contributed by atoms with Crippen molar-refractivity contribution in [2.24, 2.45) is 0 Å². The van der Waals surface area contributed by atoms with E-state index in [2.05, 4.69) is 27.3 Å². The summed E-state index contributed by atoms with van der Waals surface area (Å²) in [4.78, 5) is 0.272. The van der Waals surface area contributed by atoms with Crippen LogP contribution >= 0.6 is 22.6 Å². The molecule has 3 nitrogen and oxygen atoms in total. The molecule has 0 bridgehead atoms. The largest absolute Gasteiger partial charge is 0.573 e. The lowest BCUT2D eigenvalue weighted by molar-refractivity contribution is -0.274. The summed E-state index contributed by atoms with van der Waals surface area (Å²) in [5.74, 6) is -0.359. The molecule has 0 amide bonds. The Morgan fingerprint density at radius 1 is 0.867 bits per heavy atom. The maximum absolute atomic E-state index is 13.2. The third-order valence-corrected chi connectivity index (χ3v) is 6.31. The van der Waals surface area contributed by atoms with Crippen molar-refractivity contribution < 1.29 is 26.3 Å². The van der Waals surface area contributed by atoms with Gasteiger partial charge in [0.05, 0.1) is 12.0 Å². The van der Waals surface area contributed by atoms with Crippen LogP contribution in [0.5, 0.6) is 5.75 Å². The zero-order valence-corrected chi connectivity index (χ0v) is 18.5. The van der Waals surface area contributed by atoms with Gasteiger partial charge in [-0.05, 0) is 68.4 Å². The number of hydrogen-bond acceptors (Lipinski definition) is 3. The topological polar surface area (TPSA) is 35.5 Å². The molecule has 0 fully saturated rings. The molecule has 1 atom stereocenters. The van der Waals surface area contributed by atoms with E-state index in [4.69, 9.17) is 4.18 Å². The molecule has 0 aliphatic rings. The fourth-order valence-electron chi connectivity index (χ4n) is 3.49. The monoisotopic (exact) mass is 542 g/mol. The smallest absolute Gasteiger partial charge is 0.405 e. The van der Waals surface area contributed by atoms with Crippen LogP contribution in [0.25, 0.3) is 32.7 Å². The third-order valence-electron chi connectivity index (χ3n) is 4.64. The molecule has 0 spiro atoms. The lowest BCUT2D eigenvalue weighted by atomic mass is 9.93. The first-order chi connectivity index (χ1) is 14.3. The van der Waals surface area contributed by atoms with Crippen LogP contribution in [0.1, 0.15) is 0 Å². The van der Waals surface area contributed by atoms with Gasteiger partial charge in [-0.1, -0.05) is 42.5 Å². The summed E-state index contributed by atoms with van der Waals surface area (Å²) in [6.07, 6.45) is -4.88. The average molecular weight is 542 g/mol. The summed E-state index contributed by atoms with van der Waals surface area (Å²) in [5, 5.41) is 2.75. The standard InChI is InChI=1S/C22H14F3IO3S/c1-28-30(27)19-11-7-13-4-2-3-5-16(13)21(19)20-17-9-8-15(26)12-14(17)6-10-18(20)29-22(23,24)25/h2-12H,1H3. The average Bonchev–Trinajstić information content (AvgIpc) is 2.71. The molecule has 8 heteroatoms. The van der Waals surface area contributed by atoms with Crippen LogP contribution in [0, 0.1) is 3.57 Å². The lowest BCUT2D eigenvalue weighted by Gasteiger charge is -2.19. The van der Waals surface area contributed by atoms with Gasteiger partial charge < -0.3 is 4.74 Å². The predicted octanol–water partition coefficient (Wildman–Crippen LogP) is 6.83. The van der Waals surface area contributed by atoms with Crippen LogP contribution in [0.4, 0.5) is 13.2 Å². The van der Waals surface area contributed by atoms with Crippen molar-refractivity contribution in [2.75, 3.05) is 7.11 Å². The Bertz CT molecular complexity index is 1290. The maximum Gasteiger partial charge on any atom is 0.573 e. The van der Waals surface area contributed by atoms with Gasteiger partial charge in [0.2, 0.25) is 0 Å². The van der Waals surface area contributed by atoms with Crippen LogP contribution in [0.3, 0.4) is 0 Å². The Labute approximate surface area is 186 Å². The highest BCUT2D eigenvalue weighted by Gasteiger charge is 2.33. The molecule has 30 heavy (non-hydrogen) atoms.